The van der Waals surface area contributed by atoms with E-state index in [0.717, 1.165) is 10.7 Å². The fraction of sp³-hybridized carbons (Fsp3) is 0.133. The minimum atomic E-state index is -4.61. The zero-order chi connectivity index (χ0) is 18.4. The average molecular weight is 390 g/mol. The van der Waals surface area contributed by atoms with Gasteiger partial charge in [-0.2, -0.15) is 18.3 Å². The van der Waals surface area contributed by atoms with E-state index in [1.165, 1.54) is 6.07 Å². The summed E-state index contributed by atoms with van der Waals surface area (Å²) in [5.41, 5.74) is -1.11. The predicted octanol–water partition coefficient (Wildman–Crippen LogP) is 4.50. The summed E-state index contributed by atoms with van der Waals surface area (Å²) in [6.45, 7) is -0.0389. The second kappa shape index (κ2) is 6.20. The van der Waals surface area contributed by atoms with Crippen LogP contribution >= 0.6 is 23.2 Å². The molecule has 5 nitrogen and oxygen atoms in total. The number of hydrogen-bond donors (Lipinski definition) is 1. The molecule has 10 heteroatoms. The first-order chi connectivity index (χ1) is 11.7. The zero-order valence-electron chi connectivity index (χ0n) is 12.2. The number of alkyl halides is 3. The summed E-state index contributed by atoms with van der Waals surface area (Å²) in [5.74, 6) is -1.39. The number of rotatable bonds is 3. The molecule has 0 saturated heterocycles. The number of carboxylic acids is 1. The van der Waals surface area contributed by atoms with Crippen LogP contribution in [0.1, 0.15) is 21.6 Å². The minimum Gasteiger partial charge on any atom is -0.476 e. The lowest BCUT2D eigenvalue weighted by molar-refractivity contribution is -0.137. The zero-order valence-corrected chi connectivity index (χ0v) is 13.7. The molecule has 1 aromatic carbocycles. The van der Waals surface area contributed by atoms with Crippen molar-refractivity contribution in [1.82, 2.24) is 14.8 Å². The molecule has 0 aliphatic rings. The van der Waals surface area contributed by atoms with Crippen molar-refractivity contribution in [2.24, 2.45) is 0 Å². The maximum atomic E-state index is 12.9. The van der Waals surface area contributed by atoms with E-state index in [2.05, 4.69) is 10.1 Å². The van der Waals surface area contributed by atoms with E-state index in [1.807, 2.05) is 0 Å². The number of halogens is 5. The molecule has 3 aromatic rings. The maximum Gasteiger partial charge on any atom is 0.417 e. The molecule has 2 aromatic heterocycles. The summed E-state index contributed by atoms with van der Waals surface area (Å²) in [7, 11) is 0. The number of carbonyl (C=O) groups is 1. The number of aromatic carboxylic acids is 1. The van der Waals surface area contributed by atoms with Crippen LogP contribution < -0.4 is 0 Å². The lowest BCUT2D eigenvalue weighted by atomic mass is 10.2. The molecule has 0 aliphatic heterocycles. The standard InChI is InChI=1S/C15H8Cl2F3N3O2/c16-9-2-1-7(10(17)4-9)6-23-11-3-8(15(18,19)20)5-21-12(11)13(22-23)14(24)25/h1-5H,6H2,(H,24,25). The quantitative estimate of drug-likeness (QED) is 0.715. The molecule has 25 heavy (non-hydrogen) atoms. The second-order valence-electron chi connectivity index (χ2n) is 5.14. The SMILES string of the molecule is O=C(O)c1nn(Cc2ccc(Cl)cc2Cl)c2cc(C(F)(F)F)cnc12. The van der Waals surface area contributed by atoms with Crippen molar-refractivity contribution in [3.8, 4) is 0 Å². The Morgan fingerprint density at radius 1 is 1.24 bits per heavy atom. The number of aromatic nitrogens is 3. The van der Waals surface area contributed by atoms with E-state index in [9.17, 15) is 23.1 Å². The average Bonchev–Trinajstić information content (AvgIpc) is 2.87. The molecular weight excluding hydrogens is 382 g/mol. The summed E-state index contributed by atoms with van der Waals surface area (Å²) in [6, 6.07) is 5.43. The highest BCUT2D eigenvalue weighted by molar-refractivity contribution is 6.35. The van der Waals surface area contributed by atoms with Gasteiger partial charge in [0.1, 0.15) is 5.52 Å². The molecule has 0 fully saturated rings. The Bertz CT molecular complexity index is 986. The van der Waals surface area contributed by atoms with Crippen molar-refractivity contribution >= 4 is 40.2 Å². The Morgan fingerprint density at radius 2 is 1.96 bits per heavy atom. The van der Waals surface area contributed by atoms with E-state index >= 15 is 0 Å². The number of carboxylic acid groups (broad SMARTS) is 1. The molecule has 0 saturated carbocycles. The highest BCUT2D eigenvalue weighted by Gasteiger charge is 2.32. The number of nitrogens with zero attached hydrogens (tertiary/aromatic N) is 3. The van der Waals surface area contributed by atoms with Crippen molar-refractivity contribution < 1.29 is 23.1 Å². The second-order valence-corrected chi connectivity index (χ2v) is 5.98. The van der Waals surface area contributed by atoms with E-state index in [4.69, 9.17) is 23.2 Å². The molecule has 0 aliphatic carbocycles. The monoisotopic (exact) mass is 389 g/mol. The molecule has 2 heterocycles. The maximum absolute atomic E-state index is 12.9. The van der Waals surface area contributed by atoms with Gasteiger partial charge in [-0.1, -0.05) is 29.3 Å². The highest BCUT2D eigenvalue weighted by atomic mass is 35.5. The smallest absolute Gasteiger partial charge is 0.417 e. The molecule has 0 unspecified atom stereocenters. The summed E-state index contributed by atoms with van der Waals surface area (Å²) in [6.07, 6.45) is -4.03. The van der Waals surface area contributed by atoms with E-state index in [1.54, 1.807) is 12.1 Å². The van der Waals surface area contributed by atoms with Crippen LogP contribution in [0.5, 0.6) is 0 Å². The van der Waals surface area contributed by atoms with Gasteiger partial charge in [0.05, 0.1) is 17.6 Å². The molecule has 1 N–H and O–H groups in total. The molecule has 130 valence electrons. The summed E-state index contributed by atoms with van der Waals surface area (Å²) in [5, 5.41) is 13.7. The van der Waals surface area contributed by atoms with E-state index < -0.39 is 23.4 Å². The third-order valence-electron chi connectivity index (χ3n) is 3.46. The molecule has 0 radical (unpaired) electrons. The predicted molar refractivity (Wildman–Crippen MR) is 85.1 cm³/mol. The van der Waals surface area contributed by atoms with Crippen LogP contribution in [-0.2, 0) is 12.7 Å². The number of fused-ring (bicyclic) bond motifs is 1. The van der Waals surface area contributed by atoms with Gasteiger partial charge in [-0.15, -0.1) is 0 Å². The molecule has 0 bridgehead atoms. The van der Waals surface area contributed by atoms with Crippen LogP contribution in [0.2, 0.25) is 10.0 Å². The Labute approximate surface area is 148 Å². The van der Waals surface area contributed by atoms with Gasteiger partial charge >= 0.3 is 12.1 Å². The van der Waals surface area contributed by atoms with Crippen LogP contribution in [0.4, 0.5) is 13.2 Å². The van der Waals surface area contributed by atoms with Crippen LogP contribution in [0.3, 0.4) is 0 Å². The third kappa shape index (κ3) is 3.40. The molecule has 0 atom stereocenters. The summed E-state index contributed by atoms with van der Waals surface area (Å²) < 4.78 is 39.9. The Balaban J connectivity index is 2.17. The Hall–Kier alpha value is -2.32. The third-order valence-corrected chi connectivity index (χ3v) is 4.04. The first-order valence-corrected chi connectivity index (χ1v) is 7.53. The largest absolute Gasteiger partial charge is 0.476 e. The van der Waals surface area contributed by atoms with Gasteiger partial charge in [-0.3, -0.25) is 9.67 Å². The normalized spacial score (nSPS) is 11.9. The van der Waals surface area contributed by atoms with Crippen LogP contribution in [-0.4, -0.2) is 25.8 Å². The molecule has 0 spiro atoms. The van der Waals surface area contributed by atoms with Crippen LogP contribution in [0.25, 0.3) is 11.0 Å². The molecule has 0 amide bonds. The molecule has 3 rings (SSSR count). The highest BCUT2D eigenvalue weighted by Crippen LogP contribution is 2.31. The summed E-state index contributed by atoms with van der Waals surface area (Å²) in [4.78, 5) is 14.9. The fourth-order valence-corrected chi connectivity index (χ4v) is 2.75. The van der Waals surface area contributed by atoms with Gasteiger partial charge in [0.15, 0.2) is 5.69 Å². The van der Waals surface area contributed by atoms with Gasteiger partial charge in [0.25, 0.3) is 0 Å². The van der Waals surface area contributed by atoms with Gasteiger partial charge in [-0.05, 0) is 23.8 Å². The van der Waals surface area contributed by atoms with Crippen molar-refractivity contribution in [2.45, 2.75) is 12.7 Å². The Kier molecular flexibility index (Phi) is 4.34. The van der Waals surface area contributed by atoms with Gasteiger partial charge in [0, 0.05) is 16.2 Å². The van der Waals surface area contributed by atoms with Crippen molar-refractivity contribution in [2.75, 3.05) is 0 Å². The Morgan fingerprint density at radius 3 is 2.56 bits per heavy atom. The van der Waals surface area contributed by atoms with Gasteiger partial charge in [0.2, 0.25) is 0 Å². The molecular formula is C15H8Cl2F3N3O2. The fourth-order valence-electron chi connectivity index (χ4n) is 2.29. The lowest BCUT2D eigenvalue weighted by Crippen LogP contribution is -2.07. The number of pyridine rings is 1. The first-order valence-electron chi connectivity index (χ1n) is 6.78. The van der Waals surface area contributed by atoms with E-state index in [0.29, 0.717) is 16.8 Å². The number of hydrogen-bond acceptors (Lipinski definition) is 3. The van der Waals surface area contributed by atoms with Crippen LogP contribution in [0.15, 0.2) is 30.5 Å². The van der Waals surface area contributed by atoms with Crippen LogP contribution in [0, 0.1) is 0 Å². The van der Waals surface area contributed by atoms with E-state index in [-0.39, 0.29) is 22.6 Å². The minimum absolute atomic E-state index is 0.0389. The topological polar surface area (TPSA) is 68.0 Å². The van der Waals surface area contributed by atoms with Gasteiger partial charge < -0.3 is 5.11 Å². The number of benzene rings is 1. The first kappa shape index (κ1) is 17.5. The van der Waals surface area contributed by atoms with Crippen molar-refractivity contribution in [3.05, 3.63) is 57.3 Å². The lowest BCUT2D eigenvalue weighted by Gasteiger charge is -2.08. The van der Waals surface area contributed by atoms with Gasteiger partial charge in [-0.25, -0.2) is 4.79 Å². The van der Waals surface area contributed by atoms with Crippen molar-refractivity contribution in [3.63, 3.8) is 0 Å². The van der Waals surface area contributed by atoms with Crippen molar-refractivity contribution in [1.29, 1.82) is 0 Å². The summed E-state index contributed by atoms with van der Waals surface area (Å²) >= 11 is 11.9.